The van der Waals surface area contributed by atoms with Gasteiger partial charge in [-0.15, -0.1) is 0 Å². The molecule has 4 aromatic rings. The summed E-state index contributed by atoms with van der Waals surface area (Å²) in [5, 5.41) is 0.531. The number of furan rings is 1. The molecule has 2 N–H and O–H groups in total. The van der Waals surface area contributed by atoms with Gasteiger partial charge in [-0.3, -0.25) is 25.3 Å². The Hall–Kier alpha value is -3.56. The van der Waals surface area contributed by atoms with Gasteiger partial charge in [0, 0.05) is 11.3 Å². The van der Waals surface area contributed by atoms with Crippen molar-refractivity contribution < 1.29 is 18.4 Å². The van der Waals surface area contributed by atoms with Gasteiger partial charge in [-0.2, -0.15) is 0 Å². The molecule has 0 bridgehead atoms. The molecular formula is C25H26N4O4S. The van der Waals surface area contributed by atoms with Gasteiger partial charge in [0.05, 0.1) is 6.54 Å². The molecule has 0 aliphatic heterocycles. The van der Waals surface area contributed by atoms with Crippen LogP contribution in [0.25, 0.3) is 11.1 Å². The molecule has 0 atom stereocenters. The predicted molar refractivity (Wildman–Crippen MR) is 130 cm³/mol. The second kappa shape index (κ2) is 11.0. The summed E-state index contributed by atoms with van der Waals surface area (Å²) >= 11 is 1.40. The molecule has 2 amide bonds. The van der Waals surface area contributed by atoms with Crippen molar-refractivity contribution in [3.63, 3.8) is 0 Å². The predicted octanol–water partition coefficient (Wildman–Crippen LogP) is 4.63. The van der Waals surface area contributed by atoms with Gasteiger partial charge in [0.25, 0.3) is 11.1 Å². The molecule has 4 rings (SSSR count). The van der Waals surface area contributed by atoms with Crippen molar-refractivity contribution in [2.45, 2.75) is 31.4 Å². The second-order valence-corrected chi connectivity index (χ2v) is 8.46. The summed E-state index contributed by atoms with van der Waals surface area (Å²) in [7, 11) is 0. The monoisotopic (exact) mass is 478 g/mol. The highest BCUT2D eigenvalue weighted by molar-refractivity contribution is 7.98. The third kappa shape index (κ3) is 5.67. The molecule has 0 aliphatic rings. The number of rotatable bonds is 9. The van der Waals surface area contributed by atoms with E-state index in [-0.39, 0.29) is 5.76 Å². The van der Waals surface area contributed by atoms with Crippen molar-refractivity contribution in [3.8, 4) is 0 Å². The molecule has 2 aromatic heterocycles. The summed E-state index contributed by atoms with van der Waals surface area (Å²) in [5.74, 6) is 0.385. The first-order valence-corrected chi connectivity index (χ1v) is 12.0. The van der Waals surface area contributed by atoms with E-state index in [4.69, 9.17) is 8.83 Å². The maximum absolute atomic E-state index is 12.8. The number of amides is 2. The Balaban J connectivity index is 1.35. The van der Waals surface area contributed by atoms with E-state index in [1.165, 1.54) is 11.8 Å². The summed E-state index contributed by atoms with van der Waals surface area (Å²) < 4.78 is 11.4. The number of para-hydroxylation sites is 2. The molecule has 0 aliphatic carbocycles. The number of fused-ring (bicyclic) bond motifs is 1. The van der Waals surface area contributed by atoms with Crippen molar-refractivity contribution in [1.82, 2.24) is 20.7 Å². The van der Waals surface area contributed by atoms with Gasteiger partial charge >= 0.3 is 5.91 Å². The van der Waals surface area contributed by atoms with E-state index in [2.05, 4.69) is 34.6 Å². The lowest BCUT2D eigenvalue weighted by molar-refractivity contribution is 0.0828. The minimum atomic E-state index is -0.516. The minimum absolute atomic E-state index is 0.141. The van der Waals surface area contributed by atoms with Crippen LogP contribution in [0.3, 0.4) is 0 Å². The zero-order valence-electron chi connectivity index (χ0n) is 19.0. The first kappa shape index (κ1) is 23.6. The van der Waals surface area contributed by atoms with Crippen molar-refractivity contribution in [2.24, 2.45) is 0 Å². The number of aromatic nitrogens is 1. The molecule has 34 heavy (non-hydrogen) atoms. The van der Waals surface area contributed by atoms with Gasteiger partial charge in [-0.1, -0.05) is 55.9 Å². The number of hydrogen-bond donors (Lipinski definition) is 2. The SMILES string of the molecule is CCN(CC)Cc1ccc(C(=O)NNC(=O)c2ccccc2CSc2nc3ccccc3o2)o1. The van der Waals surface area contributed by atoms with Gasteiger partial charge in [0.1, 0.15) is 11.3 Å². The maximum atomic E-state index is 12.8. The van der Waals surface area contributed by atoms with Gasteiger partial charge in [0.15, 0.2) is 11.3 Å². The molecule has 2 heterocycles. The fourth-order valence-corrected chi connectivity index (χ4v) is 4.26. The lowest BCUT2D eigenvalue weighted by Crippen LogP contribution is -2.41. The molecule has 0 radical (unpaired) electrons. The molecular weight excluding hydrogens is 452 g/mol. The fraction of sp³-hybridized carbons (Fsp3) is 0.240. The minimum Gasteiger partial charge on any atom is -0.454 e. The number of hydrazine groups is 1. The third-order valence-electron chi connectivity index (χ3n) is 5.34. The van der Waals surface area contributed by atoms with Gasteiger partial charge in [0.2, 0.25) is 0 Å². The molecule has 8 nitrogen and oxygen atoms in total. The molecule has 0 saturated heterocycles. The summed E-state index contributed by atoms with van der Waals surface area (Å²) in [6, 6.07) is 18.1. The number of hydrogen-bond acceptors (Lipinski definition) is 7. The second-order valence-electron chi connectivity index (χ2n) is 7.53. The Morgan fingerprint density at radius 1 is 0.912 bits per heavy atom. The number of benzene rings is 2. The molecule has 0 spiro atoms. The lowest BCUT2D eigenvalue weighted by atomic mass is 10.1. The van der Waals surface area contributed by atoms with E-state index in [9.17, 15) is 9.59 Å². The average Bonchev–Trinajstić information content (AvgIpc) is 3.51. The Morgan fingerprint density at radius 3 is 2.44 bits per heavy atom. The number of oxazole rings is 1. The molecule has 2 aromatic carbocycles. The zero-order valence-corrected chi connectivity index (χ0v) is 19.9. The largest absolute Gasteiger partial charge is 0.454 e. The quantitative estimate of drug-likeness (QED) is 0.267. The number of carbonyl (C=O) groups excluding carboxylic acids is 2. The van der Waals surface area contributed by atoms with E-state index in [1.54, 1.807) is 24.3 Å². The number of nitrogens with one attached hydrogen (secondary N) is 2. The van der Waals surface area contributed by atoms with Crippen molar-refractivity contribution in [1.29, 1.82) is 0 Å². The van der Waals surface area contributed by atoms with E-state index in [0.29, 0.717) is 28.8 Å². The molecule has 176 valence electrons. The van der Waals surface area contributed by atoms with E-state index in [1.807, 2.05) is 36.4 Å². The van der Waals surface area contributed by atoms with Crippen LogP contribution in [-0.2, 0) is 12.3 Å². The topological polar surface area (TPSA) is 101 Å². The number of nitrogens with zero attached hydrogens (tertiary/aromatic N) is 2. The Labute approximate surface area is 201 Å². The van der Waals surface area contributed by atoms with E-state index >= 15 is 0 Å². The lowest BCUT2D eigenvalue weighted by Gasteiger charge is -2.15. The van der Waals surface area contributed by atoms with Crippen LogP contribution in [-0.4, -0.2) is 34.8 Å². The van der Waals surface area contributed by atoms with Gasteiger partial charge in [-0.25, -0.2) is 4.98 Å². The Kier molecular flexibility index (Phi) is 7.66. The van der Waals surface area contributed by atoms with Crippen LogP contribution in [0.1, 0.15) is 46.1 Å². The average molecular weight is 479 g/mol. The van der Waals surface area contributed by atoms with E-state index in [0.717, 1.165) is 29.8 Å². The highest BCUT2D eigenvalue weighted by atomic mass is 32.2. The van der Waals surface area contributed by atoms with Gasteiger partial charge < -0.3 is 8.83 Å². The van der Waals surface area contributed by atoms with Crippen molar-refractivity contribution in [2.75, 3.05) is 13.1 Å². The van der Waals surface area contributed by atoms with Gasteiger partial charge in [-0.05, 0) is 49.0 Å². The summed E-state index contributed by atoms with van der Waals surface area (Å²) in [6.45, 7) is 6.54. The normalized spacial score (nSPS) is 11.1. The van der Waals surface area contributed by atoms with Crippen LogP contribution in [0.2, 0.25) is 0 Å². The fourth-order valence-electron chi connectivity index (χ4n) is 3.41. The third-order valence-corrected chi connectivity index (χ3v) is 6.21. The van der Waals surface area contributed by atoms with Crippen LogP contribution >= 0.6 is 11.8 Å². The highest BCUT2D eigenvalue weighted by Crippen LogP contribution is 2.27. The van der Waals surface area contributed by atoms with Crippen LogP contribution < -0.4 is 10.9 Å². The first-order chi connectivity index (χ1) is 16.6. The first-order valence-electron chi connectivity index (χ1n) is 11.1. The standard InChI is InChI=1S/C25H26N4O4S/c1-3-29(4-2)15-18-13-14-22(32-18)24(31)28-27-23(30)19-10-6-5-9-17(19)16-34-25-26-20-11-7-8-12-21(20)33-25/h5-14H,3-4,15-16H2,1-2H3,(H,27,30)(H,28,31). The molecule has 0 saturated carbocycles. The summed E-state index contributed by atoms with van der Waals surface area (Å²) in [4.78, 5) is 31.8. The molecule has 0 unspecified atom stereocenters. The molecule has 0 fully saturated rings. The van der Waals surface area contributed by atoms with Crippen molar-refractivity contribution >= 4 is 34.7 Å². The summed E-state index contributed by atoms with van der Waals surface area (Å²) in [5.41, 5.74) is 7.65. The Bertz CT molecular complexity index is 1250. The summed E-state index contributed by atoms with van der Waals surface area (Å²) in [6.07, 6.45) is 0. The maximum Gasteiger partial charge on any atom is 0.305 e. The number of carbonyl (C=O) groups is 2. The van der Waals surface area contributed by atoms with E-state index < -0.39 is 11.8 Å². The highest BCUT2D eigenvalue weighted by Gasteiger charge is 2.16. The van der Waals surface area contributed by atoms with Crippen LogP contribution in [0.4, 0.5) is 0 Å². The van der Waals surface area contributed by atoms with Crippen LogP contribution in [0, 0.1) is 0 Å². The Morgan fingerprint density at radius 2 is 1.65 bits per heavy atom. The smallest absolute Gasteiger partial charge is 0.305 e. The zero-order chi connectivity index (χ0) is 23.9. The van der Waals surface area contributed by atoms with Crippen molar-refractivity contribution in [3.05, 3.63) is 83.3 Å². The number of thioether (sulfide) groups is 1. The molecule has 9 heteroatoms. The van der Waals surface area contributed by atoms with Crippen LogP contribution in [0.15, 0.2) is 74.7 Å². The van der Waals surface area contributed by atoms with Crippen LogP contribution in [0.5, 0.6) is 0 Å².